The summed E-state index contributed by atoms with van der Waals surface area (Å²) in [5.41, 5.74) is 4.83. The minimum Gasteiger partial charge on any atom is -0.549 e. The quantitative estimate of drug-likeness (QED) is 0.396. The Morgan fingerprint density at radius 3 is 1.90 bits per heavy atom. The van der Waals surface area contributed by atoms with Crippen molar-refractivity contribution in [2.24, 2.45) is 5.73 Å². The van der Waals surface area contributed by atoms with Gasteiger partial charge in [-0.15, -0.1) is 0 Å². The molecule has 0 aliphatic rings. The van der Waals surface area contributed by atoms with Crippen LogP contribution in [0.4, 0.5) is 0 Å². The maximum Gasteiger partial charge on any atom is 1.00 e. The van der Waals surface area contributed by atoms with E-state index in [0.717, 1.165) is 0 Å². The second-order valence-electron chi connectivity index (χ2n) is 3.51. The molecule has 0 aromatic heterocycles. The first-order valence-electron chi connectivity index (χ1n) is 4.89. The molecule has 0 aromatic carbocycles. The fourth-order valence-electron chi connectivity index (χ4n) is 1.34. The number of amides is 1. The van der Waals surface area contributed by atoms with Gasteiger partial charge < -0.3 is 30.6 Å². The van der Waals surface area contributed by atoms with Crippen LogP contribution in [0.5, 0.6) is 0 Å². The average molecular weight is 306 g/mol. The van der Waals surface area contributed by atoms with E-state index < -0.39 is 42.9 Å². The van der Waals surface area contributed by atoms with Crippen LogP contribution in [0.15, 0.2) is 0 Å². The van der Waals surface area contributed by atoms with Gasteiger partial charge in [0.25, 0.3) is 0 Å². The molecule has 9 nitrogen and oxygen atoms in total. The molecule has 20 heavy (non-hydrogen) atoms. The number of rotatable bonds is 9. The van der Waals surface area contributed by atoms with Crippen LogP contribution < -0.4 is 75.1 Å². The monoisotopic (exact) mass is 306 g/mol. The molecular weight excluding hydrogens is 294 g/mol. The number of nitrogens with zero attached hydrogens (tertiary/aromatic N) is 1. The molecule has 11 heteroatoms. The summed E-state index contributed by atoms with van der Waals surface area (Å²) in [4.78, 5) is 42.9. The molecule has 0 heterocycles. The molecule has 3 N–H and O–H groups in total. The molecule has 0 saturated carbocycles. The van der Waals surface area contributed by atoms with Gasteiger partial charge in [-0.2, -0.15) is 0 Å². The van der Waals surface area contributed by atoms with E-state index in [2.05, 4.69) is 0 Å². The smallest absolute Gasteiger partial charge is 0.549 e. The summed E-state index contributed by atoms with van der Waals surface area (Å²) in [6.45, 7) is -1.73. The van der Waals surface area contributed by atoms with Gasteiger partial charge >= 0.3 is 65.1 Å². The SMILES string of the molecule is NC(=O)CC[C@@H](C(=O)[O-])N(CC(=O)[O-])CC(=O)O.[Na+].[Na+]. The van der Waals surface area contributed by atoms with E-state index in [1.807, 2.05) is 0 Å². The second kappa shape index (κ2) is 12.6. The molecule has 0 aliphatic heterocycles. The predicted molar refractivity (Wildman–Crippen MR) is 51.4 cm³/mol. The van der Waals surface area contributed by atoms with Crippen LogP contribution in [0.3, 0.4) is 0 Å². The zero-order chi connectivity index (χ0) is 14.3. The van der Waals surface area contributed by atoms with Crippen molar-refractivity contribution >= 4 is 23.8 Å². The summed E-state index contributed by atoms with van der Waals surface area (Å²) in [5, 5.41) is 29.8. The van der Waals surface area contributed by atoms with Crippen LogP contribution in [0, 0.1) is 0 Å². The Morgan fingerprint density at radius 2 is 1.60 bits per heavy atom. The van der Waals surface area contributed by atoms with Crippen molar-refractivity contribution in [3.05, 3.63) is 0 Å². The fourth-order valence-corrected chi connectivity index (χ4v) is 1.34. The van der Waals surface area contributed by atoms with Gasteiger partial charge in [-0.1, -0.05) is 0 Å². The van der Waals surface area contributed by atoms with Crippen molar-refractivity contribution in [2.75, 3.05) is 13.1 Å². The minimum atomic E-state index is -1.68. The maximum atomic E-state index is 10.8. The van der Waals surface area contributed by atoms with Crippen molar-refractivity contribution in [3.63, 3.8) is 0 Å². The Labute approximate surface area is 159 Å². The van der Waals surface area contributed by atoms with E-state index in [9.17, 15) is 29.4 Å². The van der Waals surface area contributed by atoms with Crippen LogP contribution >= 0.6 is 0 Å². The number of hydrogen-bond donors (Lipinski definition) is 2. The number of carbonyl (C=O) groups is 4. The first kappa shape index (κ1) is 24.8. The zero-order valence-electron chi connectivity index (χ0n) is 11.3. The third-order valence-electron chi connectivity index (χ3n) is 2.05. The minimum absolute atomic E-state index is 0. The molecular formula is C9H12N2Na2O7. The van der Waals surface area contributed by atoms with Gasteiger partial charge in [0.05, 0.1) is 24.5 Å². The molecule has 0 fully saturated rings. The van der Waals surface area contributed by atoms with Crippen molar-refractivity contribution in [1.29, 1.82) is 0 Å². The Hall–Kier alpha value is -0.160. The summed E-state index contributed by atoms with van der Waals surface area (Å²) in [5.74, 6) is -5.52. The average Bonchev–Trinajstić information content (AvgIpc) is 2.14. The number of carboxylic acids is 3. The first-order chi connectivity index (χ1) is 8.23. The van der Waals surface area contributed by atoms with E-state index in [1.165, 1.54) is 0 Å². The van der Waals surface area contributed by atoms with Crippen LogP contribution in [0.1, 0.15) is 12.8 Å². The van der Waals surface area contributed by atoms with Gasteiger partial charge in [0.2, 0.25) is 5.91 Å². The number of primary amides is 1. The van der Waals surface area contributed by atoms with Crippen LogP contribution in [0.2, 0.25) is 0 Å². The molecule has 1 amide bonds. The van der Waals surface area contributed by atoms with Crippen molar-refractivity contribution in [1.82, 2.24) is 4.90 Å². The third kappa shape index (κ3) is 11.6. The predicted octanol–water partition coefficient (Wildman–Crippen LogP) is -10.5. The number of aliphatic carboxylic acids is 3. The number of carbonyl (C=O) groups excluding carboxylic acids is 3. The molecule has 0 unspecified atom stereocenters. The molecule has 0 spiro atoms. The number of nitrogens with two attached hydrogens (primary N) is 1. The second-order valence-corrected chi connectivity index (χ2v) is 3.51. The van der Waals surface area contributed by atoms with E-state index in [0.29, 0.717) is 4.90 Å². The molecule has 0 radical (unpaired) electrons. The molecule has 0 rings (SSSR count). The first-order valence-corrected chi connectivity index (χ1v) is 4.89. The maximum absolute atomic E-state index is 10.8. The van der Waals surface area contributed by atoms with Crippen molar-refractivity contribution in [3.8, 4) is 0 Å². The molecule has 0 aliphatic carbocycles. The van der Waals surface area contributed by atoms with E-state index >= 15 is 0 Å². The van der Waals surface area contributed by atoms with E-state index in [4.69, 9.17) is 10.8 Å². The Kier molecular flexibility index (Phi) is 15.6. The number of carboxylic acid groups (broad SMARTS) is 3. The van der Waals surface area contributed by atoms with Crippen LogP contribution in [-0.2, 0) is 19.2 Å². The number of hydrogen-bond acceptors (Lipinski definition) is 7. The van der Waals surface area contributed by atoms with Gasteiger partial charge in [-0.25, -0.2) is 0 Å². The van der Waals surface area contributed by atoms with Crippen LogP contribution in [-0.4, -0.2) is 53.0 Å². The summed E-state index contributed by atoms with van der Waals surface area (Å²) in [6.07, 6.45) is -0.667. The van der Waals surface area contributed by atoms with Crippen molar-refractivity contribution in [2.45, 2.75) is 18.9 Å². The zero-order valence-corrected chi connectivity index (χ0v) is 15.3. The van der Waals surface area contributed by atoms with E-state index in [-0.39, 0.29) is 72.0 Å². The molecule has 0 aromatic rings. The molecule has 0 bridgehead atoms. The van der Waals surface area contributed by atoms with Gasteiger partial charge in [0.15, 0.2) is 0 Å². The summed E-state index contributed by atoms with van der Waals surface area (Å²) in [6, 6.07) is -1.54. The Bertz CT molecular complexity index is 348. The largest absolute Gasteiger partial charge is 1.00 e. The summed E-state index contributed by atoms with van der Waals surface area (Å²) < 4.78 is 0. The normalized spacial score (nSPS) is 10.8. The topological polar surface area (TPSA) is 164 Å². The van der Waals surface area contributed by atoms with Gasteiger partial charge in [0.1, 0.15) is 0 Å². The molecule has 102 valence electrons. The van der Waals surface area contributed by atoms with Crippen molar-refractivity contribution < 1.29 is 93.6 Å². The Morgan fingerprint density at radius 1 is 1.10 bits per heavy atom. The Balaban J connectivity index is -0.00000144. The fraction of sp³-hybridized carbons (Fsp3) is 0.556. The summed E-state index contributed by atoms with van der Waals surface area (Å²) in [7, 11) is 0. The van der Waals surface area contributed by atoms with E-state index in [1.54, 1.807) is 0 Å². The van der Waals surface area contributed by atoms with Gasteiger partial charge in [-0.05, 0) is 6.42 Å². The van der Waals surface area contributed by atoms with Crippen LogP contribution in [0.25, 0.3) is 0 Å². The molecule has 1 atom stereocenters. The molecule has 0 saturated heterocycles. The van der Waals surface area contributed by atoms with Gasteiger partial charge in [-0.3, -0.25) is 14.5 Å². The standard InChI is InChI=1S/C9H14N2O7.2Na/c10-6(12)2-1-5(9(17)18)11(3-7(13)14)4-8(15)16;;/h5H,1-4H2,(H2,10,12)(H,13,14)(H,15,16)(H,17,18);;/q;2*+1/p-2/t5-;;/m0../s1. The summed E-state index contributed by atoms with van der Waals surface area (Å²) >= 11 is 0. The van der Waals surface area contributed by atoms with Gasteiger partial charge in [0, 0.05) is 13.0 Å². The third-order valence-corrected chi connectivity index (χ3v) is 2.05.